The molecule has 0 bridgehead atoms. The van der Waals surface area contributed by atoms with Gasteiger partial charge in [-0.05, 0) is 49.6 Å². The van der Waals surface area contributed by atoms with Gasteiger partial charge in [0.25, 0.3) is 0 Å². The first-order valence-electron chi connectivity index (χ1n) is 12.4. The predicted octanol–water partition coefficient (Wildman–Crippen LogP) is 6.40. The molecule has 0 amide bonds. The van der Waals surface area contributed by atoms with E-state index in [0.29, 0.717) is 0 Å². The van der Waals surface area contributed by atoms with E-state index in [4.69, 9.17) is 27.9 Å². The molecule has 0 radical (unpaired) electrons. The average molecular weight is 587 g/mol. The number of carbonyl (C=O) groups excluding carboxylic acids is 1. The maximum atomic E-state index is 15.6. The van der Waals surface area contributed by atoms with Crippen LogP contribution in [0.1, 0.15) is 42.9 Å². The van der Waals surface area contributed by atoms with E-state index in [9.17, 15) is 20.0 Å². The molecular formula is C30H26Cl2F2N2O4. The fourth-order valence-corrected chi connectivity index (χ4v) is 5.78. The Balaban J connectivity index is 1.83. The number of carbonyl (C=O) groups is 2. The number of rotatable bonds is 8. The first kappa shape index (κ1) is 29.5. The van der Waals surface area contributed by atoms with Crippen LogP contribution in [-0.2, 0) is 26.3 Å². The highest BCUT2D eigenvalue weighted by Gasteiger charge is 2.62. The van der Waals surface area contributed by atoms with E-state index in [1.165, 1.54) is 30.3 Å². The standard InChI is InChI=1S/C30H26Cl2F2N2O4/c1-29(2,28(39)40-15-17-7-4-3-5-8-17)14-23-30(16-35,20-12-11-18(31)13-22(20)33)24(26(36-23)27(37)38)19-9-6-10-21(32)25(19)34/h3-13,23-24,26,36H,14-15H2,1-2H3,(H,37,38). The Morgan fingerprint density at radius 2 is 1.80 bits per heavy atom. The number of hydrogen-bond acceptors (Lipinski definition) is 5. The molecule has 1 aliphatic rings. The number of nitrogens with zero attached hydrogens (tertiary/aromatic N) is 1. The zero-order chi connectivity index (χ0) is 29.2. The molecule has 3 aromatic rings. The summed E-state index contributed by atoms with van der Waals surface area (Å²) in [5, 5.41) is 23.6. The van der Waals surface area contributed by atoms with E-state index in [-0.39, 0.29) is 34.2 Å². The molecule has 1 saturated heterocycles. The maximum absolute atomic E-state index is 15.6. The summed E-state index contributed by atoms with van der Waals surface area (Å²) in [7, 11) is 0. The normalized spacial score (nSPS) is 22.5. The number of benzene rings is 3. The maximum Gasteiger partial charge on any atom is 0.321 e. The van der Waals surface area contributed by atoms with Gasteiger partial charge in [0.1, 0.15) is 29.7 Å². The minimum atomic E-state index is -1.99. The lowest BCUT2D eigenvalue weighted by Crippen LogP contribution is -2.46. The molecule has 4 unspecified atom stereocenters. The van der Waals surface area contributed by atoms with Crippen molar-refractivity contribution in [3.05, 3.63) is 105 Å². The minimum absolute atomic E-state index is 0.00447. The highest BCUT2D eigenvalue weighted by Crippen LogP contribution is 2.52. The lowest BCUT2D eigenvalue weighted by atomic mass is 9.62. The molecule has 4 rings (SSSR count). The van der Waals surface area contributed by atoms with Crippen LogP contribution in [0, 0.1) is 28.4 Å². The van der Waals surface area contributed by atoms with Gasteiger partial charge in [0.15, 0.2) is 0 Å². The van der Waals surface area contributed by atoms with Crippen molar-refractivity contribution in [1.29, 1.82) is 5.26 Å². The van der Waals surface area contributed by atoms with Gasteiger partial charge in [0, 0.05) is 22.5 Å². The summed E-state index contributed by atoms with van der Waals surface area (Å²) in [6, 6.07) is 16.2. The number of carboxylic acid groups (broad SMARTS) is 1. The topological polar surface area (TPSA) is 99.4 Å². The van der Waals surface area contributed by atoms with Gasteiger partial charge in [-0.1, -0.05) is 71.7 Å². The van der Waals surface area contributed by atoms with Crippen molar-refractivity contribution in [2.75, 3.05) is 0 Å². The molecule has 10 heteroatoms. The monoisotopic (exact) mass is 586 g/mol. The first-order chi connectivity index (χ1) is 18.9. The molecule has 3 aromatic carbocycles. The van der Waals surface area contributed by atoms with Gasteiger partial charge in [-0.15, -0.1) is 0 Å². The highest BCUT2D eigenvalue weighted by atomic mass is 35.5. The summed E-state index contributed by atoms with van der Waals surface area (Å²) in [5.74, 6) is -5.20. The van der Waals surface area contributed by atoms with Gasteiger partial charge in [-0.25, -0.2) is 8.78 Å². The number of ether oxygens (including phenoxy) is 1. The van der Waals surface area contributed by atoms with E-state index in [1.54, 1.807) is 38.1 Å². The Morgan fingerprint density at radius 1 is 1.10 bits per heavy atom. The van der Waals surface area contributed by atoms with Crippen LogP contribution in [0.2, 0.25) is 10.0 Å². The lowest BCUT2D eigenvalue weighted by Gasteiger charge is -2.37. The first-order valence-corrected chi connectivity index (χ1v) is 13.2. The van der Waals surface area contributed by atoms with E-state index < -0.39 is 52.4 Å². The van der Waals surface area contributed by atoms with E-state index >= 15 is 8.78 Å². The van der Waals surface area contributed by atoms with E-state index in [1.807, 2.05) is 6.07 Å². The summed E-state index contributed by atoms with van der Waals surface area (Å²) in [5.41, 5.74) is -2.83. The predicted molar refractivity (Wildman–Crippen MR) is 146 cm³/mol. The third kappa shape index (κ3) is 5.42. The molecular weight excluding hydrogens is 561 g/mol. The average Bonchev–Trinajstić information content (AvgIpc) is 3.23. The number of esters is 1. The number of halogens is 4. The van der Waals surface area contributed by atoms with Crippen molar-refractivity contribution in [2.24, 2.45) is 5.41 Å². The fraction of sp³-hybridized carbons (Fsp3) is 0.300. The van der Waals surface area contributed by atoms with Crippen LogP contribution in [-0.4, -0.2) is 29.1 Å². The van der Waals surface area contributed by atoms with Gasteiger partial charge in [-0.3, -0.25) is 14.9 Å². The quantitative estimate of drug-likeness (QED) is 0.296. The molecule has 1 aliphatic heterocycles. The van der Waals surface area contributed by atoms with Crippen molar-refractivity contribution in [3.63, 3.8) is 0 Å². The van der Waals surface area contributed by atoms with E-state index in [0.717, 1.165) is 11.6 Å². The summed E-state index contributed by atoms with van der Waals surface area (Å²) < 4.78 is 36.6. The molecule has 0 aromatic heterocycles. The number of hydrogen-bond donors (Lipinski definition) is 2. The number of carboxylic acids is 1. The van der Waals surface area contributed by atoms with Crippen LogP contribution in [0.3, 0.4) is 0 Å². The molecule has 1 heterocycles. The van der Waals surface area contributed by atoms with Crippen LogP contribution < -0.4 is 5.32 Å². The van der Waals surface area contributed by atoms with Crippen molar-refractivity contribution in [3.8, 4) is 6.07 Å². The Labute approximate surface area is 240 Å². The zero-order valence-corrected chi connectivity index (χ0v) is 23.1. The highest BCUT2D eigenvalue weighted by molar-refractivity contribution is 6.31. The smallest absolute Gasteiger partial charge is 0.321 e. The molecule has 0 saturated carbocycles. The third-order valence-corrected chi connectivity index (χ3v) is 7.91. The van der Waals surface area contributed by atoms with Gasteiger partial charge in [0.05, 0.1) is 16.5 Å². The zero-order valence-electron chi connectivity index (χ0n) is 21.6. The molecule has 0 aliphatic carbocycles. The molecule has 4 atom stereocenters. The van der Waals surface area contributed by atoms with Crippen molar-refractivity contribution < 1.29 is 28.2 Å². The SMILES string of the molecule is CC(C)(CC1NC(C(=O)O)C(c2cccc(Cl)c2F)C1(C#N)c1ccc(Cl)cc1F)C(=O)OCc1ccccc1. The Hall–Kier alpha value is -3.51. The van der Waals surface area contributed by atoms with Gasteiger partial charge in [0.2, 0.25) is 0 Å². The van der Waals surface area contributed by atoms with Crippen LogP contribution in [0.15, 0.2) is 66.7 Å². The lowest BCUT2D eigenvalue weighted by molar-refractivity contribution is -0.156. The second-order valence-electron chi connectivity index (χ2n) is 10.4. The number of nitriles is 1. The third-order valence-electron chi connectivity index (χ3n) is 7.38. The number of nitrogens with one attached hydrogen (secondary N) is 1. The summed E-state index contributed by atoms with van der Waals surface area (Å²) in [4.78, 5) is 25.7. The molecule has 2 N–H and O–H groups in total. The van der Waals surface area contributed by atoms with Crippen molar-refractivity contribution >= 4 is 35.1 Å². The van der Waals surface area contributed by atoms with Gasteiger partial charge < -0.3 is 9.84 Å². The Morgan fingerprint density at radius 3 is 2.42 bits per heavy atom. The molecule has 6 nitrogen and oxygen atoms in total. The van der Waals surface area contributed by atoms with Gasteiger partial charge >= 0.3 is 11.9 Å². The second-order valence-corrected chi connectivity index (χ2v) is 11.3. The van der Waals surface area contributed by atoms with E-state index in [2.05, 4.69) is 11.4 Å². The second kappa shape index (κ2) is 11.5. The summed E-state index contributed by atoms with van der Waals surface area (Å²) >= 11 is 12.0. The largest absolute Gasteiger partial charge is 0.480 e. The van der Waals surface area contributed by atoms with Gasteiger partial charge in [-0.2, -0.15) is 5.26 Å². The summed E-state index contributed by atoms with van der Waals surface area (Å²) in [6.45, 7) is 3.18. The fourth-order valence-electron chi connectivity index (χ4n) is 5.44. The van der Waals surface area contributed by atoms with Crippen molar-refractivity contribution in [2.45, 2.75) is 50.3 Å². The molecule has 0 spiro atoms. The van der Waals surface area contributed by atoms with Crippen LogP contribution in [0.5, 0.6) is 0 Å². The molecule has 40 heavy (non-hydrogen) atoms. The minimum Gasteiger partial charge on any atom is -0.480 e. The molecule has 208 valence electrons. The Kier molecular flexibility index (Phi) is 8.50. The number of aliphatic carboxylic acids is 1. The van der Waals surface area contributed by atoms with Crippen LogP contribution in [0.4, 0.5) is 8.78 Å². The Bertz CT molecular complexity index is 1480. The summed E-state index contributed by atoms with van der Waals surface area (Å²) in [6.07, 6.45) is -0.140. The van der Waals surface area contributed by atoms with Crippen molar-refractivity contribution in [1.82, 2.24) is 5.32 Å². The van der Waals surface area contributed by atoms with Crippen LogP contribution in [0.25, 0.3) is 0 Å². The molecule has 1 fully saturated rings. The van der Waals surface area contributed by atoms with Crippen LogP contribution >= 0.6 is 23.2 Å².